The first-order valence-corrected chi connectivity index (χ1v) is 12.4. The molecule has 1 saturated heterocycles. The lowest BCUT2D eigenvalue weighted by Crippen LogP contribution is -2.36. The number of benzene rings is 2. The first-order valence-electron chi connectivity index (χ1n) is 12.4. The summed E-state index contributed by atoms with van der Waals surface area (Å²) in [4.78, 5) is 36.9. The maximum atomic E-state index is 13.3. The fraction of sp³-hybridized carbons (Fsp3) is 0.429. The minimum Gasteiger partial charge on any atom is -0.430 e. The van der Waals surface area contributed by atoms with Crippen molar-refractivity contribution in [1.29, 1.82) is 5.26 Å². The van der Waals surface area contributed by atoms with Crippen LogP contribution in [0.5, 0.6) is 0 Å². The zero-order chi connectivity index (χ0) is 26.9. The van der Waals surface area contributed by atoms with E-state index in [1.54, 1.807) is 19.0 Å². The molecular weight excluding hydrogens is 468 g/mol. The van der Waals surface area contributed by atoms with Crippen molar-refractivity contribution in [2.45, 2.75) is 26.3 Å². The first-order chi connectivity index (χ1) is 17.6. The summed E-state index contributed by atoms with van der Waals surface area (Å²) in [6.45, 7) is 5.77. The zero-order valence-electron chi connectivity index (χ0n) is 22.4. The molecule has 0 saturated carbocycles. The predicted molar refractivity (Wildman–Crippen MR) is 143 cm³/mol. The Morgan fingerprint density at radius 3 is 2.41 bits per heavy atom. The van der Waals surface area contributed by atoms with Crippen molar-refractivity contribution in [1.82, 2.24) is 19.7 Å². The number of likely N-dealkylation sites (N-methyl/N-ethyl adjacent to an activating group) is 3. The van der Waals surface area contributed by atoms with Crippen LogP contribution >= 0.6 is 0 Å². The zero-order valence-corrected chi connectivity index (χ0v) is 22.4. The van der Waals surface area contributed by atoms with E-state index in [-0.39, 0.29) is 11.8 Å². The number of anilines is 1. The maximum absolute atomic E-state index is 13.3. The summed E-state index contributed by atoms with van der Waals surface area (Å²) < 4.78 is 6.21. The minimum atomic E-state index is -0.394. The largest absolute Gasteiger partial charge is 0.430 e. The fourth-order valence-corrected chi connectivity index (χ4v) is 4.82. The molecule has 0 radical (unpaired) electrons. The Hall–Kier alpha value is -3.90. The highest BCUT2D eigenvalue weighted by atomic mass is 16.4. The van der Waals surface area contributed by atoms with E-state index in [0.717, 1.165) is 41.9 Å². The molecule has 3 aromatic rings. The van der Waals surface area contributed by atoms with Crippen molar-refractivity contribution in [2.24, 2.45) is 0 Å². The number of hydrogen-bond donors (Lipinski definition) is 0. The molecule has 1 atom stereocenters. The topological polar surface area (TPSA) is 96.9 Å². The second-order valence-electron chi connectivity index (χ2n) is 9.92. The molecule has 194 valence electrons. The smallest absolute Gasteiger partial charge is 0.309 e. The van der Waals surface area contributed by atoms with Gasteiger partial charge in [-0.1, -0.05) is 30.3 Å². The Morgan fingerprint density at radius 1 is 1.14 bits per heavy atom. The highest BCUT2D eigenvalue weighted by Gasteiger charge is 2.32. The van der Waals surface area contributed by atoms with Crippen LogP contribution in [0.3, 0.4) is 0 Å². The van der Waals surface area contributed by atoms with E-state index in [2.05, 4.69) is 34.9 Å². The number of rotatable bonds is 7. The van der Waals surface area contributed by atoms with E-state index in [0.29, 0.717) is 35.8 Å². The molecule has 0 bridgehead atoms. The van der Waals surface area contributed by atoms with Gasteiger partial charge in [-0.3, -0.25) is 9.59 Å². The van der Waals surface area contributed by atoms with Crippen LogP contribution in [0.1, 0.15) is 35.2 Å². The molecule has 9 heteroatoms. The lowest BCUT2D eigenvalue weighted by Gasteiger charge is -2.25. The van der Waals surface area contributed by atoms with E-state index in [9.17, 15) is 14.9 Å². The van der Waals surface area contributed by atoms with E-state index >= 15 is 0 Å². The average Bonchev–Trinajstić information content (AvgIpc) is 3.54. The third-order valence-corrected chi connectivity index (χ3v) is 7.29. The van der Waals surface area contributed by atoms with Crippen molar-refractivity contribution < 1.29 is 14.0 Å². The van der Waals surface area contributed by atoms with Crippen LogP contribution in [0.25, 0.3) is 22.2 Å². The van der Waals surface area contributed by atoms with E-state index < -0.39 is 5.91 Å². The van der Waals surface area contributed by atoms with Gasteiger partial charge in [-0.25, -0.2) is 4.98 Å². The third-order valence-electron chi connectivity index (χ3n) is 7.29. The van der Waals surface area contributed by atoms with Crippen LogP contribution in [-0.2, 0) is 4.79 Å². The standard InChI is InChI=1S/C28H34N6O3/c1-18-22(16-29)24-26(37-27(30-24)28(36)33(6)15-14-32(5)19(2)35)25(23(18)20-10-8-7-9-11-20)34-13-12-21(17-34)31(3)4/h7-11,21H,12-15,17H2,1-6H3. The molecule has 1 aliphatic heterocycles. The van der Waals surface area contributed by atoms with Gasteiger partial charge in [-0.05, 0) is 38.6 Å². The van der Waals surface area contributed by atoms with Gasteiger partial charge in [-0.15, -0.1) is 0 Å². The lowest BCUT2D eigenvalue weighted by atomic mass is 9.93. The highest BCUT2D eigenvalue weighted by molar-refractivity contribution is 6.04. The van der Waals surface area contributed by atoms with Gasteiger partial charge in [0.1, 0.15) is 11.6 Å². The van der Waals surface area contributed by atoms with Crippen molar-refractivity contribution >= 4 is 28.6 Å². The molecule has 1 aliphatic rings. The van der Waals surface area contributed by atoms with Gasteiger partial charge in [-0.2, -0.15) is 5.26 Å². The number of nitrogens with zero attached hydrogens (tertiary/aromatic N) is 6. The van der Waals surface area contributed by atoms with Crippen molar-refractivity contribution in [3.63, 3.8) is 0 Å². The van der Waals surface area contributed by atoms with Gasteiger partial charge in [0.05, 0.1) is 11.3 Å². The second kappa shape index (κ2) is 10.6. The molecule has 0 aliphatic carbocycles. The van der Waals surface area contributed by atoms with Gasteiger partial charge < -0.3 is 24.0 Å². The number of carbonyl (C=O) groups excluding carboxylic acids is 2. The maximum Gasteiger partial charge on any atom is 0.309 e. The molecule has 1 fully saturated rings. The number of amides is 2. The number of hydrogen-bond acceptors (Lipinski definition) is 7. The molecule has 0 spiro atoms. The number of oxazole rings is 1. The van der Waals surface area contributed by atoms with Gasteiger partial charge in [0.25, 0.3) is 5.89 Å². The molecule has 1 unspecified atom stereocenters. The molecule has 2 heterocycles. The quantitative estimate of drug-likeness (QED) is 0.489. The van der Waals surface area contributed by atoms with E-state index in [4.69, 9.17) is 4.42 Å². The monoisotopic (exact) mass is 502 g/mol. The minimum absolute atomic E-state index is 0.0614. The van der Waals surface area contributed by atoms with Crippen molar-refractivity contribution in [3.05, 3.63) is 47.3 Å². The molecule has 2 aromatic carbocycles. The predicted octanol–water partition coefficient (Wildman–Crippen LogP) is 3.37. The number of nitriles is 1. The van der Waals surface area contributed by atoms with E-state index in [1.807, 2.05) is 37.3 Å². The highest BCUT2D eigenvalue weighted by Crippen LogP contribution is 2.44. The second-order valence-corrected chi connectivity index (χ2v) is 9.92. The Labute approximate surface area is 217 Å². The van der Waals surface area contributed by atoms with Gasteiger partial charge in [0, 0.05) is 58.8 Å². The van der Waals surface area contributed by atoms with Gasteiger partial charge >= 0.3 is 5.91 Å². The summed E-state index contributed by atoms with van der Waals surface area (Å²) >= 11 is 0. The average molecular weight is 503 g/mol. The number of carbonyl (C=O) groups is 2. The van der Waals surface area contributed by atoms with Crippen LogP contribution in [0.4, 0.5) is 5.69 Å². The van der Waals surface area contributed by atoms with Crippen molar-refractivity contribution in [3.8, 4) is 17.2 Å². The summed E-state index contributed by atoms with van der Waals surface area (Å²) in [5, 5.41) is 10.1. The van der Waals surface area contributed by atoms with Crippen LogP contribution in [-0.4, -0.2) is 91.9 Å². The Balaban J connectivity index is 1.85. The first kappa shape index (κ1) is 26.2. The van der Waals surface area contributed by atoms with Gasteiger partial charge in [0.15, 0.2) is 5.58 Å². The molecule has 2 amide bonds. The van der Waals surface area contributed by atoms with Crippen LogP contribution < -0.4 is 4.90 Å². The summed E-state index contributed by atoms with van der Waals surface area (Å²) in [5.41, 5.74) is 4.85. The fourth-order valence-electron chi connectivity index (χ4n) is 4.82. The van der Waals surface area contributed by atoms with Gasteiger partial charge in [0.2, 0.25) is 5.91 Å². The lowest BCUT2D eigenvalue weighted by molar-refractivity contribution is -0.127. The Kier molecular flexibility index (Phi) is 7.50. The Morgan fingerprint density at radius 2 is 1.81 bits per heavy atom. The molecule has 0 N–H and O–H groups in total. The van der Waals surface area contributed by atoms with E-state index in [1.165, 1.54) is 11.8 Å². The van der Waals surface area contributed by atoms with Crippen LogP contribution in [0, 0.1) is 18.3 Å². The molecule has 37 heavy (non-hydrogen) atoms. The third kappa shape index (κ3) is 5.02. The van der Waals surface area contributed by atoms with Crippen LogP contribution in [0.2, 0.25) is 0 Å². The number of aromatic nitrogens is 1. The van der Waals surface area contributed by atoms with Crippen molar-refractivity contribution in [2.75, 3.05) is 59.3 Å². The molecule has 4 rings (SSSR count). The summed E-state index contributed by atoms with van der Waals surface area (Å²) in [5.74, 6) is -0.528. The molecule has 1 aromatic heterocycles. The SMILES string of the molecule is CC(=O)N(C)CCN(C)C(=O)c1nc2c(C#N)c(C)c(-c3ccccc3)c(N3CCC(N(C)C)C3)c2o1. The Bertz CT molecular complexity index is 1360. The summed E-state index contributed by atoms with van der Waals surface area (Å²) in [6, 6.07) is 12.7. The number of fused-ring (bicyclic) bond motifs is 1. The molecule has 9 nitrogen and oxygen atoms in total. The summed E-state index contributed by atoms with van der Waals surface area (Å²) in [7, 11) is 7.50. The van der Waals surface area contributed by atoms with Crippen LogP contribution in [0.15, 0.2) is 34.7 Å². The summed E-state index contributed by atoms with van der Waals surface area (Å²) in [6.07, 6.45) is 0.994. The normalized spacial score (nSPS) is 15.3. The molecular formula is C28H34N6O3.